The molecule has 7 rings (SSSR count). The van der Waals surface area contributed by atoms with Gasteiger partial charge < -0.3 is 24.8 Å². The normalized spacial score (nSPS) is 21.7. The van der Waals surface area contributed by atoms with Gasteiger partial charge in [0.2, 0.25) is 0 Å². The number of hydrogen-bond acceptors (Lipinski definition) is 6. The van der Waals surface area contributed by atoms with Crippen LogP contribution in [0.15, 0.2) is 54.9 Å². The number of amides is 3. The number of benzene rings is 2. The molecular weight excluding hydrogens is 540 g/mol. The molecule has 1 aromatic heterocycles. The van der Waals surface area contributed by atoms with Crippen LogP contribution in [0.3, 0.4) is 0 Å². The van der Waals surface area contributed by atoms with Gasteiger partial charge in [0.15, 0.2) is 0 Å². The van der Waals surface area contributed by atoms with E-state index >= 15 is 0 Å². The first-order valence-electron chi connectivity index (χ1n) is 15.7. The minimum absolute atomic E-state index is 0.00363. The molecule has 2 aromatic carbocycles. The Morgan fingerprint density at radius 3 is 2.60 bits per heavy atom. The molecular formula is C34H40N6O3. The molecule has 4 heterocycles. The van der Waals surface area contributed by atoms with Crippen molar-refractivity contribution in [3.05, 3.63) is 77.2 Å². The zero-order chi connectivity index (χ0) is 29.6. The molecule has 224 valence electrons. The SMILES string of the molecule is COc1ccc2c(c1)CCN(C1CCN(c3cc(C(=O)N4CC5(CCCC5)c5ccccc5C4C)ncn3)CC1)C(=O)N2. The first kappa shape index (κ1) is 27.7. The lowest BCUT2D eigenvalue weighted by atomic mass is 9.72. The number of fused-ring (bicyclic) bond motifs is 3. The van der Waals surface area contributed by atoms with Crippen molar-refractivity contribution in [3.8, 4) is 5.75 Å². The van der Waals surface area contributed by atoms with E-state index in [4.69, 9.17) is 4.74 Å². The summed E-state index contributed by atoms with van der Waals surface area (Å²) in [5, 5.41) is 3.10. The Kier molecular flexibility index (Phi) is 7.19. The van der Waals surface area contributed by atoms with Crippen molar-refractivity contribution in [1.29, 1.82) is 0 Å². The van der Waals surface area contributed by atoms with E-state index in [1.807, 2.05) is 34.1 Å². The number of piperidine rings is 1. The molecule has 3 aliphatic heterocycles. The number of nitrogens with one attached hydrogen (secondary N) is 1. The van der Waals surface area contributed by atoms with Gasteiger partial charge in [0.05, 0.1) is 13.2 Å². The fraction of sp³-hybridized carbons (Fsp3) is 0.471. The number of ether oxygens (including phenoxy) is 1. The van der Waals surface area contributed by atoms with Gasteiger partial charge >= 0.3 is 6.03 Å². The molecule has 3 aromatic rings. The van der Waals surface area contributed by atoms with E-state index in [0.29, 0.717) is 12.2 Å². The van der Waals surface area contributed by atoms with Crippen LogP contribution < -0.4 is 15.0 Å². The molecule has 4 aliphatic rings. The minimum atomic E-state index is -0.0467. The molecule has 43 heavy (non-hydrogen) atoms. The van der Waals surface area contributed by atoms with Crippen LogP contribution in [-0.2, 0) is 11.8 Å². The zero-order valence-corrected chi connectivity index (χ0v) is 25.1. The number of nitrogens with zero attached hydrogens (tertiary/aromatic N) is 5. The smallest absolute Gasteiger partial charge is 0.322 e. The van der Waals surface area contributed by atoms with Gasteiger partial charge in [0.25, 0.3) is 5.91 Å². The van der Waals surface area contributed by atoms with Crippen molar-refractivity contribution in [2.75, 3.05) is 43.5 Å². The highest BCUT2D eigenvalue weighted by Crippen LogP contribution is 2.49. The summed E-state index contributed by atoms with van der Waals surface area (Å²) in [6.45, 7) is 5.07. The Morgan fingerprint density at radius 2 is 1.81 bits per heavy atom. The van der Waals surface area contributed by atoms with Crippen LogP contribution in [-0.4, -0.2) is 71.0 Å². The van der Waals surface area contributed by atoms with Crippen LogP contribution in [0.25, 0.3) is 0 Å². The van der Waals surface area contributed by atoms with Crippen molar-refractivity contribution >= 4 is 23.4 Å². The number of urea groups is 1. The molecule has 1 aliphatic carbocycles. The van der Waals surface area contributed by atoms with Crippen molar-refractivity contribution in [3.63, 3.8) is 0 Å². The summed E-state index contributed by atoms with van der Waals surface area (Å²) in [6, 6.07) is 16.5. The highest BCUT2D eigenvalue weighted by molar-refractivity contribution is 5.94. The fourth-order valence-electron chi connectivity index (χ4n) is 7.88. The van der Waals surface area contributed by atoms with Crippen molar-refractivity contribution in [1.82, 2.24) is 19.8 Å². The molecule has 1 unspecified atom stereocenters. The summed E-state index contributed by atoms with van der Waals surface area (Å²) >= 11 is 0. The Morgan fingerprint density at radius 1 is 1.02 bits per heavy atom. The highest BCUT2D eigenvalue weighted by Gasteiger charge is 2.45. The van der Waals surface area contributed by atoms with Crippen LogP contribution >= 0.6 is 0 Å². The second kappa shape index (κ2) is 11.2. The van der Waals surface area contributed by atoms with Gasteiger partial charge in [-0.15, -0.1) is 0 Å². The lowest BCUT2D eigenvalue weighted by Crippen LogP contribution is -2.49. The summed E-state index contributed by atoms with van der Waals surface area (Å²) in [5.41, 5.74) is 5.14. The maximum absolute atomic E-state index is 14.0. The Bertz CT molecular complexity index is 1530. The summed E-state index contributed by atoms with van der Waals surface area (Å²) in [4.78, 5) is 42.4. The number of methoxy groups -OCH3 is 1. The van der Waals surface area contributed by atoms with Crippen molar-refractivity contribution < 1.29 is 14.3 Å². The Labute approximate surface area is 253 Å². The summed E-state index contributed by atoms with van der Waals surface area (Å²) in [6.07, 6.45) is 8.64. The quantitative estimate of drug-likeness (QED) is 0.434. The third-order valence-corrected chi connectivity index (χ3v) is 10.3. The van der Waals surface area contributed by atoms with E-state index in [2.05, 4.69) is 51.4 Å². The van der Waals surface area contributed by atoms with Gasteiger partial charge in [-0.3, -0.25) is 4.79 Å². The molecule has 3 amide bonds. The topological polar surface area (TPSA) is 90.9 Å². The van der Waals surface area contributed by atoms with E-state index in [-0.39, 0.29) is 29.4 Å². The molecule has 9 nitrogen and oxygen atoms in total. The van der Waals surface area contributed by atoms with E-state index in [0.717, 1.165) is 74.6 Å². The van der Waals surface area contributed by atoms with E-state index in [1.54, 1.807) is 7.11 Å². The predicted molar refractivity (Wildman–Crippen MR) is 166 cm³/mol. The number of hydrogen-bond donors (Lipinski definition) is 1. The standard InChI is InChI=1S/C34H40N6O3/c1-23-27-7-3-4-8-28(27)34(14-5-6-15-34)21-40(23)32(41)30-20-31(36-22-35-30)38-16-12-25(13-17-38)39-18-11-24-19-26(43-2)9-10-29(24)37-33(39)42/h3-4,7-10,19-20,22-23,25H,5-6,11-18,21H2,1-2H3,(H,37,42). The Hall–Kier alpha value is -4.14. The molecule has 1 saturated carbocycles. The number of rotatable bonds is 4. The lowest BCUT2D eigenvalue weighted by Gasteiger charge is -2.46. The third kappa shape index (κ3) is 4.98. The van der Waals surface area contributed by atoms with Crippen LogP contribution in [0.2, 0.25) is 0 Å². The van der Waals surface area contributed by atoms with Crippen molar-refractivity contribution in [2.24, 2.45) is 0 Å². The minimum Gasteiger partial charge on any atom is -0.497 e. The number of carbonyl (C=O) groups excluding carboxylic acids is 2. The summed E-state index contributed by atoms with van der Waals surface area (Å²) in [5.74, 6) is 1.55. The second-order valence-corrected chi connectivity index (χ2v) is 12.6. The average molecular weight is 581 g/mol. The molecule has 0 radical (unpaired) electrons. The largest absolute Gasteiger partial charge is 0.497 e. The molecule has 0 bridgehead atoms. The first-order valence-corrected chi connectivity index (χ1v) is 15.7. The maximum atomic E-state index is 14.0. The monoisotopic (exact) mass is 580 g/mol. The Balaban J connectivity index is 1.03. The van der Waals surface area contributed by atoms with Gasteiger partial charge in [-0.1, -0.05) is 37.1 Å². The van der Waals surface area contributed by atoms with Gasteiger partial charge in [-0.2, -0.15) is 0 Å². The summed E-state index contributed by atoms with van der Waals surface area (Å²) < 4.78 is 5.38. The maximum Gasteiger partial charge on any atom is 0.322 e. The molecule has 1 spiro atoms. The molecule has 1 N–H and O–H groups in total. The second-order valence-electron chi connectivity index (χ2n) is 12.6. The van der Waals surface area contributed by atoms with Crippen LogP contribution in [0.4, 0.5) is 16.3 Å². The first-order chi connectivity index (χ1) is 21.0. The van der Waals surface area contributed by atoms with Gasteiger partial charge in [-0.25, -0.2) is 14.8 Å². The zero-order valence-electron chi connectivity index (χ0n) is 25.1. The molecule has 2 fully saturated rings. The fourth-order valence-corrected chi connectivity index (χ4v) is 7.88. The van der Waals surface area contributed by atoms with Crippen LogP contribution in [0.1, 0.15) is 78.7 Å². The number of carbonyl (C=O) groups is 2. The van der Waals surface area contributed by atoms with E-state index < -0.39 is 0 Å². The van der Waals surface area contributed by atoms with Crippen molar-refractivity contribution in [2.45, 2.75) is 69.4 Å². The van der Waals surface area contributed by atoms with E-state index in [9.17, 15) is 9.59 Å². The van der Waals surface area contributed by atoms with Gasteiger partial charge in [-0.05, 0) is 73.9 Å². The molecule has 9 heteroatoms. The van der Waals surface area contributed by atoms with Crippen LogP contribution in [0, 0.1) is 0 Å². The third-order valence-electron chi connectivity index (χ3n) is 10.3. The highest BCUT2D eigenvalue weighted by atomic mass is 16.5. The van der Waals surface area contributed by atoms with Gasteiger partial charge in [0.1, 0.15) is 23.6 Å². The number of anilines is 2. The predicted octanol–water partition coefficient (Wildman–Crippen LogP) is 5.57. The lowest BCUT2D eigenvalue weighted by molar-refractivity contribution is 0.0589. The summed E-state index contributed by atoms with van der Waals surface area (Å²) in [7, 11) is 1.66. The van der Waals surface area contributed by atoms with E-state index in [1.165, 1.54) is 30.3 Å². The average Bonchev–Trinajstić information content (AvgIpc) is 3.46. The number of aromatic nitrogens is 2. The van der Waals surface area contributed by atoms with Gasteiger partial charge in [0, 0.05) is 49.4 Å². The molecule has 1 saturated heterocycles. The van der Waals surface area contributed by atoms with Crippen LogP contribution in [0.5, 0.6) is 5.75 Å². The molecule has 1 atom stereocenters.